The maximum absolute atomic E-state index is 13.4. The first-order valence-corrected chi connectivity index (χ1v) is 10.5. The average Bonchev–Trinajstić information content (AvgIpc) is 3.20. The maximum Gasteiger partial charge on any atom is 0.435 e. The summed E-state index contributed by atoms with van der Waals surface area (Å²) >= 11 is 0.596. The molecule has 2 amide bonds. The molecule has 2 aromatic heterocycles. The van der Waals surface area contributed by atoms with Crippen molar-refractivity contribution in [2.24, 2.45) is 0 Å². The number of hydrogen-bond acceptors (Lipinski definition) is 7. The molecule has 174 valence electrons. The topological polar surface area (TPSA) is 119 Å². The summed E-state index contributed by atoms with van der Waals surface area (Å²) in [5, 5.41) is 5.27. The standard InChI is InChI=1S/C21H20F3N5O3S/c1-11(2)32-19(30)16-17(21(22,23)24)29-18(33-16)13-4-6-14(7-5-13)28-20(31)27-10-12-3-8-15(25)26-9-12/h3-9,11H,10H2,1-2H3,(H2,25,26)(H2,27,28,31). The van der Waals surface area contributed by atoms with Crippen molar-refractivity contribution in [2.75, 3.05) is 11.1 Å². The van der Waals surface area contributed by atoms with E-state index in [1.807, 2.05) is 0 Å². The van der Waals surface area contributed by atoms with Gasteiger partial charge in [-0.2, -0.15) is 13.2 Å². The van der Waals surface area contributed by atoms with Crippen molar-refractivity contribution in [3.8, 4) is 10.6 Å². The van der Waals surface area contributed by atoms with Gasteiger partial charge < -0.3 is 21.1 Å². The molecule has 3 rings (SSSR count). The number of carbonyl (C=O) groups is 2. The number of benzene rings is 1. The van der Waals surface area contributed by atoms with E-state index in [0.29, 0.717) is 28.4 Å². The Labute approximate surface area is 191 Å². The summed E-state index contributed by atoms with van der Waals surface area (Å²) in [6, 6.07) is 8.88. The van der Waals surface area contributed by atoms with Gasteiger partial charge >= 0.3 is 18.2 Å². The molecule has 3 aromatic rings. The molecule has 0 saturated heterocycles. The summed E-state index contributed by atoms with van der Waals surface area (Å²) in [5.74, 6) is -0.706. The van der Waals surface area contributed by atoms with Gasteiger partial charge in [-0.15, -0.1) is 11.3 Å². The van der Waals surface area contributed by atoms with Crippen molar-refractivity contribution in [2.45, 2.75) is 32.7 Å². The summed E-state index contributed by atoms with van der Waals surface area (Å²) in [6.45, 7) is 3.31. The van der Waals surface area contributed by atoms with Crippen molar-refractivity contribution < 1.29 is 27.5 Å². The number of anilines is 2. The number of pyridine rings is 1. The van der Waals surface area contributed by atoms with E-state index < -0.39 is 34.9 Å². The van der Waals surface area contributed by atoms with Crippen LogP contribution < -0.4 is 16.4 Å². The van der Waals surface area contributed by atoms with E-state index in [1.165, 1.54) is 24.3 Å². The van der Waals surface area contributed by atoms with E-state index in [4.69, 9.17) is 10.5 Å². The molecule has 0 bridgehead atoms. The number of hydrogen-bond donors (Lipinski definition) is 3. The number of esters is 1. The lowest BCUT2D eigenvalue weighted by molar-refractivity contribution is -0.141. The Kier molecular flexibility index (Phi) is 7.16. The molecule has 0 unspecified atom stereocenters. The van der Waals surface area contributed by atoms with E-state index in [9.17, 15) is 22.8 Å². The summed E-state index contributed by atoms with van der Waals surface area (Å²) < 4.78 is 45.0. The molecular formula is C21H20F3N5O3S. The Morgan fingerprint density at radius 2 is 1.85 bits per heavy atom. The smallest absolute Gasteiger partial charge is 0.435 e. The molecule has 0 radical (unpaired) electrons. The third-order valence-corrected chi connectivity index (χ3v) is 5.20. The van der Waals surface area contributed by atoms with Crippen molar-refractivity contribution in [1.29, 1.82) is 0 Å². The maximum atomic E-state index is 13.4. The van der Waals surface area contributed by atoms with Gasteiger partial charge in [-0.3, -0.25) is 0 Å². The van der Waals surface area contributed by atoms with Gasteiger partial charge in [0.2, 0.25) is 0 Å². The third-order valence-electron chi connectivity index (χ3n) is 4.11. The number of ether oxygens (including phenoxy) is 1. The van der Waals surface area contributed by atoms with Crippen LogP contribution in [-0.2, 0) is 17.5 Å². The van der Waals surface area contributed by atoms with Crippen molar-refractivity contribution in [3.63, 3.8) is 0 Å². The lowest BCUT2D eigenvalue weighted by Gasteiger charge is -2.08. The minimum Gasteiger partial charge on any atom is -0.459 e. The SMILES string of the molecule is CC(C)OC(=O)c1sc(-c2ccc(NC(=O)NCc3ccc(N)nc3)cc2)nc1C(F)(F)F. The first kappa shape index (κ1) is 24.0. The Morgan fingerprint density at radius 3 is 2.42 bits per heavy atom. The van der Waals surface area contributed by atoms with Crippen LogP contribution in [0.5, 0.6) is 0 Å². The van der Waals surface area contributed by atoms with E-state index in [-0.39, 0.29) is 11.6 Å². The lowest BCUT2D eigenvalue weighted by Crippen LogP contribution is -2.28. The van der Waals surface area contributed by atoms with E-state index in [0.717, 1.165) is 5.56 Å². The monoisotopic (exact) mass is 479 g/mol. The van der Waals surface area contributed by atoms with Crippen LogP contribution in [0.25, 0.3) is 10.6 Å². The minimum absolute atomic E-state index is 0.00452. The highest BCUT2D eigenvalue weighted by atomic mass is 32.1. The fourth-order valence-corrected chi connectivity index (χ4v) is 3.61. The molecule has 12 heteroatoms. The molecule has 0 saturated carbocycles. The van der Waals surface area contributed by atoms with Crippen LogP contribution in [-0.4, -0.2) is 28.1 Å². The highest BCUT2D eigenvalue weighted by Crippen LogP contribution is 2.38. The number of urea groups is 1. The zero-order chi connectivity index (χ0) is 24.2. The Bertz CT molecular complexity index is 1130. The van der Waals surface area contributed by atoms with Crippen LogP contribution in [0.1, 0.15) is 34.8 Å². The normalized spacial score (nSPS) is 11.3. The summed E-state index contributed by atoms with van der Waals surface area (Å²) in [4.78, 5) is 31.1. The van der Waals surface area contributed by atoms with E-state index >= 15 is 0 Å². The van der Waals surface area contributed by atoms with Crippen LogP contribution >= 0.6 is 11.3 Å². The first-order chi connectivity index (χ1) is 15.5. The highest BCUT2D eigenvalue weighted by molar-refractivity contribution is 7.17. The number of nitrogens with zero attached hydrogens (tertiary/aromatic N) is 2. The molecule has 0 atom stereocenters. The summed E-state index contributed by atoms with van der Waals surface area (Å²) in [6.07, 6.45) is -3.84. The highest BCUT2D eigenvalue weighted by Gasteiger charge is 2.40. The van der Waals surface area contributed by atoms with Crippen molar-refractivity contribution >= 4 is 34.8 Å². The molecule has 0 spiro atoms. The molecule has 1 aromatic carbocycles. The predicted molar refractivity (Wildman–Crippen MR) is 118 cm³/mol. The van der Waals surface area contributed by atoms with Crippen molar-refractivity contribution in [3.05, 3.63) is 58.7 Å². The first-order valence-electron chi connectivity index (χ1n) is 9.67. The van der Waals surface area contributed by atoms with Gasteiger partial charge in [-0.05, 0) is 49.7 Å². The van der Waals surface area contributed by atoms with Gasteiger partial charge in [-0.25, -0.2) is 19.6 Å². The summed E-state index contributed by atoms with van der Waals surface area (Å²) in [7, 11) is 0. The molecule has 0 aliphatic rings. The Hall–Kier alpha value is -3.67. The minimum atomic E-state index is -4.81. The zero-order valence-electron chi connectivity index (χ0n) is 17.6. The molecule has 2 heterocycles. The number of alkyl halides is 3. The number of carbonyl (C=O) groups excluding carboxylic acids is 2. The second kappa shape index (κ2) is 9.86. The van der Waals surface area contributed by atoms with Crippen LogP contribution in [0, 0.1) is 0 Å². The molecule has 0 aliphatic carbocycles. The molecule has 0 fully saturated rings. The van der Waals surface area contributed by atoms with Gasteiger partial charge in [0, 0.05) is 24.0 Å². The molecule has 0 aliphatic heterocycles. The largest absolute Gasteiger partial charge is 0.459 e. The van der Waals surface area contributed by atoms with Crippen LogP contribution in [0.15, 0.2) is 42.6 Å². The second-order valence-corrected chi connectivity index (χ2v) is 8.12. The molecular weight excluding hydrogens is 459 g/mol. The number of thiazole rings is 1. The predicted octanol–water partition coefficient (Wildman–Crippen LogP) is 4.69. The van der Waals surface area contributed by atoms with Gasteiger partial charge in [0.1, 0.15) is 15.7 Å². The third kappa shape index (κ3) is 6.42. The zero-order valence-corrected chi connectivity index (χ0v) is 18.4. The van der Waals surface area contributed by atoms with Gasteiger partial charge in [-0.1, -0.05) is 6.07 Å². The van der Waals surface area contributed by atoms with Gasteiger partial charge in [0.15, 0.2) is 5.69 Å². The lowest BCUT2D eigenvalue weighted by atomic mass is 10.2. The summed E-state index contributed by atoms with van der Waals surface area (Å²) in [5.41, 5.74) is 5.75. The van der Waals surface area contributed by atoms with Gasteiger partial charge in [0.25, 0.3) is 0 Å². The Morgan fingerprint density at radius 1 is 1.15 bits per heavy atom. The Balaban J connectivity index is 1.70. The van der Waals surface area contributed by atoms with Crippen LogP contribution in [0.3, 0.4) is 0 Å². The van der Waals surface area contributed by atoms with Crippen LogP contribution in [0.2, 0.25) is 0 Å². The quantitative estimate of drug-likeness (QED) is 0.441. The number of halogens is 3. The second-order valence-electron chi connectivity index (χ2n) is 7.12. The number of nitrogens with one attached hydrogen (secondary N) is 2. The van der Waals surface area contributed by atoms with E-state index in [1.54, 1.807) is 32.2 Å². The van der Waals surface area contributed by atoms with E-state index in [2.05, 4.69) is 20.6 Å². The number of rotatable bonds is 6. The molecule has 33 heavy (non-hydrogen) atoms. The molecule has 8 nitrogen and oxygen atoms in total. The van der Waals surface area contributed by atoms with Crippen molar-refractivity contribution in [1.82, 2.24) is 15.3 Å². The molecule has 4 N–H and O–H groups in total. The number of nitrogen functional groups attached to an aromatic ring is 1. The number of nitrogens with two attached hydrogens (primary N) is 1. The number of aromatic nitrogens is 2. The fraction of sp³-hybridized carbons (Fsp3) is 0.238. The number of amides is 2. The fourth-order valence-electron chi connectivity index (χ4n) is 2.64. The average molecular weight is 479 g/mol. The van der Waals surface area contributed by atoms with Gasteiger partial charge in [0.05, 0.1) is 6.10 Å². The van der Waals surface area contributed by atoms with Crippen LogP contribution in [0.4, 0.5) is 29.5 Å².